The lowest BCUT2D eigenvalue weighted by atomic mass is 9.93. The number of amides is 3. The van der Waals surface area contributed by atoms with Crippen LogP contribution in [0.3, 0.4) is 0 Å². The highest BCUT2D eigenvalue weighted by Gasteiger charge is 2.27. The molecule has 0 unspecified atom stereocenters. The Morgan fingerprint density at radius 3 is 1.20 bits per heavy atom. The second kappa shape index (κ2) is 51.6. The Balaban J connectivity index is 0.000000185. The molecule has 42 heteroatoms. The van der Waals surface area contributed by atoms with Crippen LogP contribution < -0.4 is 121 Å². The van der Waals surface area contributed by atoms with Gasteiger partial charge in [0.2, 0.25) is 0 Å². The minimum absolute atomic E-state index is 0.00245. The van der Waals surface area contributed by atoms with E-state index in [0.717, 1.165) is 104 Å². The van der Waals surface area contributed by atoms with E-state index in [1.807, 2.05) is 109 Å². The van der Waals surface area contributed by atoms with Gasteiger partial charge in [-0.05, 0) is 106 Å². The number of hydrogen-bond acceptors (Lipinski definition) is 30. The second-order valence-corrected chi connectivity index (χ2v) is 33.3. The van der Waals surface area contributed by atoms with Gasteiger partial charge in [0, 0.05) is 107 Å². The number of methoxy groups -OCH3 is 12. The van der Waals surface area contributed by atoms with Crippen molar-refractivity contribution in [3.8, 4) is 103 Å². The van der Waals surface area contributed by atoms with E-state index in [0.29, 0.717) is 139 Å². The van der Waals surface area contributed by atoms with Crippen molar-refractivity contribution >= 4 is 111 Å². The van der Waals surface area contributed by atoms with Crippen LogP contribution in [0.25, 0.3) is 66.9 Å². The molecule has 39 nitrogen and oxygen atoms in total. The van der Waals surface area contributed by atoms with E-state index >= 15 is 0 Å². The molecular weight excluding hydrogens is 1840 g/mol. The maximum absolute atomic E-state index is 12.2. The number of carboxylic acid groups (broad SMARTS) is 1. The van der Waals surface area contributed by atoms with E-state index in [9.17, 15) is 40.8 Å². The number of ether oxygens (including phenoxy) is 12. The number of nitrogens with one attached hydrogen (secondary N) is 5. The first kappa shape index (κ1) is 107. The number of carboxylic acids is 1. The number of nitrogen functional groups attached to an aromatic ring is 2. The number of aromatic amines is 1. The molecule has 3 aromatic heterocycles. The first-order valence-corrected chi connectivity index (χ1v) is 46.0. The van der Waals surface area contributed by atoms with Gasteiger partial charge in [-0.15, -0.1) is 0 Å². The summed E-state index contributed by atoms with van der Waals surface area (Å²) in [7, 11) is 11.1. The summed E-state index contributed by atoms with van der Waals surface area (Å²) in [5.41, 5.74) is 27.6. The number of aromatic carboxylic acids is 1. The van der Waals surface area contributed by atoms with Gasteiger partial charge < -0.3 is 105 Å². The molecule has 0 aliphatic carbocycles. The summed E-state index contributed by atoms with van der Waals surface area (Å²) in [6.45, 7) is 4.53. The second-order valence-electron chi connectivity index (χ2n) is 30.2. The van der Waals surface area contributed by atoms with Crippen LogP contribution in [0.1, 0.15) is 80.0 Å². The molecule has 2 aliphatic heterocycles. The molecular formula is C96H112ClN17O22S2. The number of piperidine rings is 2. The monoisotopic (exact) mass is 1950 g/mol. The van der Waals surface area contributed by atoms with Gasteiger partial charge >= 0.3 is 5.97 Å². The van der Waals surface area contributed by atoms with E-state index in [1.54, 1.807) is 84.1 Å². The number of carbonyl (C=O) groups excluding carboxylic acids is 3. The molecule has 2 fully saturated rings. The molecule has 18 N–H and O–H groups in total. The average molecular weight is 1960 g/mol. The Morgan fingerprint density at radius 1 is 0.428 bits per heavy atom. The molecule has 2 saturated heterocycles. The number of carbonyl (C=O) groups is 4. The zero-order valence-electron chi connectivity index (χ0n) is 78.0. The molecule has 3 amide bonds. The molecule has 0 saturated carbocycles. The molecule has 5 heterocycles. The van der Waals surface area contributed by atoms with Crippen LogP contribution in [0.2, 0.25) is 5.15 Å². The van der Waals surface area contributed by atoms with Crippen LogP contribution in [0.4, 0.5) is 22.9 Å². The van der Waals surface area contributed by atoms with Gasteiger partial charge in [-0.2, -0.15) is 16.8 Å². The molecule has 0 radical (unpaired) electrons. The van der Waals surface area contributed by atoms with Crippen LogP contribution in [-0.2, 0) is 20.4 Å². The highest BCUT2D eigenvalue weighted by molar-refractivity contribution is 7.87. The Morgan fingerprint density at radius 2 is 0.775 bits per heavy atom. The number of nitrogens with two attached hydrogens (primary N) is 6. The Kier molecular flexibility index (Phi) is 39.8. The zero-order valence-corrected chi connectivity index (χ0v) is 80.4. The van der Waals surface area contributed by atoms with Crippen LogP contribution in [0.5, 0.6) is 69.0 Å². The third-order valence-corrected chi connectivity index (χ3v) is 22.9. The fourth-order valence-corrected chi connectivity index (χ4v) is 15.3. The first-order valence-electron chi connectivity index (χ1n) is 42.5. The minimum Gasteiger partial charge on any atom is -0.493 e. The number of benzene rings is 10. The Labute approximate surface area is 802 Å². The van der Waals surface area contributed by atoms with Gasteiger partial charge in [0.1, 0.15) is 16.8 Å². The first-order chi connectivity index (χ1) is 66.2. The standard InChI is InChI=1S/C23H29N5O4S.C16H13ClN2O2.C16H16N2O4.C16H14N2O3.C9H12N2O3.C9H11NO4.C7H17N3O2S/c1-31-20-14-18-19(15-21(20)32-2)26-22(17-6-4-3-5-7-17)27-23(18)28-12-9-16(10-13-28)8-11-25-33(24,29)30;1-20-13-8-11-12(9-14(13)21-2)18-16(19-15(11)17)10-6-4-3-5-7-10;1-21-13-8-11(15(17)19)12(9-14(13)22-2)18-16(20)10-6-4-3-5-7-10;1-20-13-8-11-12(9-14(13)21-2)17-15(18-16(11)19)10-6-4-3-5-7-10;2*1-13-7-3-5(9(11)12)6(10)4-8(7)14-2;8-13(11,12)10-6-3-7-1-4-9-5-2-7/h3-7,14-16,25H,8-13H2,1-2H3,(H2,24,29,30);3-9H,1-2H3;3-9H,1-2H3,(H2,17,19)(H,18,20);3-9H,1-2H3,(H,17,18,19);3-4H,10H2,1-2H3,(H2,11,12);3-4H,10H2,1-2H3,(H,11,12);7,9-10H,1-6H2,(H2,8,11,12). The summed E-state index contributed by atoms with van der Waals surface area (Å²) in [5, 5.41) is 27.0. The fourth-order valence-electron chi connectivity index (χ4n) is 14.3. The van der Waals surface area contributed by atoms with Crippen molar-refractivity contribution in [2.24, 2.45) is 33.6 Å². The van der Waals surface area contributed by atoms with Crippen LogP contribution in [0.15, 0.2) is 199 Å². The quantitative estimate of drug-likeness (QED) is 0.0153. The van der Waals surface area contributed by atoms with Gasteiger partial charge in [-0.3, -0.25) is 19.2 Å². The van der Waals surface area contributed by atoms with Crippen molar-refractivity contribution in [2.75, 3.05) is 146 Å². The number of rotatable bonds is 29. The Bertz CT molecular complexity index is 6570. The summed E-state index contributed by atoms with van der Waals surface area (Å²) in [5.74, 6) is 6.87. The van der Waals surface area contributed by atoms with Crippen LogP contribution in [0, 0.1) is 11.8 Å². The summed E-state index contributed by atoms with van der Waals surface area (Å²) in [6.07, 6.45) is 5.78. The molecule has 15 rings (SSSR count). The molecule has 13 aromatic rings. The number of anilines is 4. The van der Waals surface area contributed by atoms with Gasteiger partial charge in [-0.25, -0.2) is 49.4 Å². The third kappa shape index (κ3) is 29.9. The number of aromatic nitrogens is 6. The van der Waals surface area contributed by atoms with Crippen molar-refractivity contribution in [1.82, 2.24) is 44.7 Å². The number of nitrogens with zero attached hydrogens (tertiary/aromatic N) is 6. The highest BCUT2D eigenvalue weighted by Crippen LogP contribution is 2.41. The number of fused-ring (bicyclic) bond motifs is 3. The molecule has 0 bridgehead atoms. The normalized spacial score (nSPS) is 12.3. The van der Waals surface area contributed by atoms with E-state index in [1.165, 1.54) is 86.2 Å². The smallest absolute Gasteiger partial charge is 0.337 e. The van der Waals surface area contributed by atoms with Crippen molar-refractivity contribution in [2.45, 2.75) is 38.5 Å². The lowest BCUT2D eigenvalue weighted by Crippen LogP contribution is -2.37. The fraction of sp³-hybridized carbons (Fsp3) is 0.271. The largest absolute Gasteiger partial charge is 0.493 e. The number of H-pyrrole nitrogens is 1. The average Bonchev–Trinajstić information content (AvgIpc) is 0.797. The van der Waals surface area contributed by atoms with E-state index < -0.39 is 38.2 Å². The molecule has 2 aliphatic rings. The minimum atomic E-state index is -3.65. The van der Waals surface area contributed by atoms with Crippen LogP contribution in [-0.4, -0.2) is 200 Å². The molecule has 732 valence electrons. The predicted molar refractivity (Wildman–Crippen MR) is 530 cm³/mol. The summed E-state index contributed by atoms with van der Waals surface area (Å²) < 4.78 is 110. The number of hydrogen-bond donors (Lipinski definition) is 12. The molecule has 10 aromatic carbocycles. The summed E-state index contributed by atoms with van der Waals surface area (Å²) in [6, 6.07) is 57.1. The SMILES string of the molecule is COc1cc(N)c(C(=O)O)cc1OC.COc1cc(N)c(C(N)=O)cc1OC.COc1cc(NC(=O)c2ccccc2)c(C(N)=O)cc1OC.COc1cc2nc(-c3ccccc3)[nH]c(=O)c2cc1OC.COc1cc2nc(-c3ccccc3)nc(Cl)c2cc1OC.COc1cc2nc(-c3ccccc3)nc(N3CCC(CCNS(N)(=O)=O)CC3)c2cc1OC.NS(=O)(=O)NCCC1CCNCC1. The molecule has 0 atom stereocenters. The van der Waals surface area contributed by atoms with Crippen molar-refractivity contribution in [3.63, 3.8) is 0 Å². The molecule has 138 heavy (non-hydrogen) atoms. The van der Waals surface area contributed by atoms with Gasteiger partial charge in [-0.1, -0.05) is 121 Å². The number of primary amides is 2. The Hall–Kier alpha value is -15.1. The van der Waals surface area contributed by atoms with Gasteiger partial charge in [0.15, 0.2) is 80.6 Å². The van der Waals surface area contributed by atoms with Crippen LogP contribution >= 0.6 is 11.6 Å². The van der Waals surface area contributed by atoms with E-state index in [-0.39, 0.29) is 45.2 Å². The number of halogens is 1. The lowest BCUT2D eigenvalue weighted by molar-refractivity contribution is 0.0696. The highest BCUT2D eigenvalue weighted by atomic mass is 35.5. The summed E-state index contributed by atoms with van der Waals surface area (Å²) in [4.78, 5) is 85.9. The maximum Gasteiger partial charge on any atom is 0.337 e. The predicted octanol–water partition coefficient (Wildman–Crippen LogP) is 11.9. The third-order valence-electron chi connectivity index (χ3n) is 21.4. The van der Waals surface area contributed by atoms with Crippen molar-refractivity contribution in [1.29, 1.82) is 0 Å². The van der Waals surface area contributed by atoms with Crippen molar-refractivity contribution < 1.29 is 98.0 Å². The van der Waals surface area contributed by atoms with Crippen molar-refractivity contribution in [3.05, 3.63) is 232 Å². The molecule has 0 spiro atoms. The summed E-state index contributed by atoms with van der Waals surface area (Å²) >= 11 is 6.29. The maximum atomic E-state index is 12.2. The van der Waals surface area contributed by atoms with Gasteiger partial charge in [0.05, 0.1) is 135 Å². The zero-order chi connectivity index (χ0) is 100. The van der Waals surface area contributed by atoms with E-state index in [2.05, 4.69) is 44.9 Å². The van der Waals surface area contributed by atoms with Gasteiger partial charge in [0.25, 0.3) is 43.7 Å². The topological polar surface area (TPSA) is 572 Å². The van der Waals surface area contributed by atoms with E-state index in [4.69, 9.17) is 117 Å². The lowest BCUT2D eigenvalue weighted by Gasteiger charge is -2.33.